The molecule has 0 amide bonds. The molecule has 0 N–H and O–H groups in total. The van der Waals surface area contributed by atoms with Crippen molar-refractivity contribution in [1.29, 1.82) is 0 Å². The van der Waals surface area contributed by atoms with Gasteiger partial charge < -0.3 is 14.0 Å². The van der Waals surface area contributed by atoms with Gasteiger partial charge >= 0.3 is 0 Å². The molecular weight excluding hydrogens is 348 g/mol. The Hall–Kier alpha value is -2.31. The van der Waals surface area contributed by atoms with Crippen LogP contribution in [-0.2, 0) is 17.0 Å². The number of hydrogen-bond donors (Lipinski definition) is 0. The smallest absolute Gasteiger partial charge is 0.169 e. The summed E-state index contributed by atoms with van der Waals surface area (Å²) in [5, 5.41) is 0.929. The van der Waals surface area contributed by atoms with Gasteiger partial charge in [-0.3, -0.25) is 4.79 Å². The van der Waals surface area contributed by atoms with Crippen molar-refractivity contribution < 1.29 is 14.3 Å². The number of rotatable bonds is 8. The predicted octanol–water partition coefficient (Wildman–Crippen LogP) is 4.19. The van der Waals surface area contributed by atoms with Gasteiger partial charge in [0.2, 0.25) is 0 Å². The summed E-state index contributed by atoms with van der Waals surface area (Å²) in [4.78, 5) is 16.4. The van der Waals surface area contributed by atoms with E-state index in [1.165, 1.54) is 0 Å². The van der Waals surface area contributed by atoms with Crippen LogP contribution in [0.4, 0.5) is 0 Å². The Kier molecular flexibility index (Phi) is 5.96. The number of carbonyl (C=O) groups excluding carboxylic acids is 1. The van der Waals surface area contributed by atoms with Crippen LogP contribution in [0.15, 0.2) is 47.6 Å². The highest BCUT2D eigenvalue weighted by Crippen LogP contribution is 2.30. The summed E-state index contributed by atoms with van der Waals surface area (Å²) in [5.74, 6) is 1.49. The Morgan fingerprint density at radius 3 is 2.73 bits per heavy atom. The third-order valence-electron chi connectivity index (χ3n) is 4.18. The number of thioether (sulfide) groups is 1. The van der Waals surface area contributed by atoms with Gasteiger partial charge in [-0.25, -0.2) is 4.98 Å². The van der Waals surface area contributed by atoms with Crippen molar-refractivity contribution in [2.24, 2.45) is 0 Å². The second kappa shape index (κ2) is 8.38. The summed E-state index contributed by atoms with van der Waals surface area (Å²) in [6.45, 7) is 2.93. The lowest BCUT2D eigenvalue weighted by Gasteiger charge is -2.11. The van der Waals surface area contributed by atoms with Crippen molar-refractivity contribution in [3.63, 3.8) is 0 Å². The minimum Gasteiger partial charge on any atom is -0.496 e. The zero-order chi connectivity index (χ0) is 18.5. The highest BCUT2D eigenvalue weighted by atomic mass is 32.2. The van der Waals surface area contributed by atoms with Gasteiger partial charge in [0.05, 0.1) is 24.8 Å². The lowest BCUT2D eigenvalue weighted by molar-refractivity contribution is 0.101. The average molecular weight is 370 g/mol. The molecule has 0 radical (unpaired) electrons. The lowest BCUT2D eigenvalue weighted by atomic mass is 10.1. The Bertz CT molecular complexity index is 921. The zero-order valence-electron chi connectivity index (χ0n) is 15.2. The molecule has 1 heterocycles. The molecule has 0 aliphatic rings. The van der Waals surface area contributed by atoms with Gasteiger partial charge in [0.1, 0.15) is 5.75 Å². The van der Waals surface area contributed by atoms with Gasteiger partial charge in [0.15, 0.2) is 10.9 Å². The molecule has 1 aromatic heterocycles. The van der Waals surface area contributed by atoms with E-state index in [0.29, 0.717) is 17.9 Å². The third-order valence-corrected chi connectivity index (χ3v) is 5.21. The number of methoxy groups -OCH3 is 2. The number of Topliss-reactive ketones (excluding diaryl/α,β-unsaturated/α-hetero) is 1. The highest BCUT2D eigenvalue weighted by molar-refractivity contribution is 7.98. The number of nitrogens with zero attached hydrogens (tertiary/aromatic N) is 2. The quantitative estimate of drug-likeness (QED) is 0.440. The van der Waals surface area contributed by atoms with Crippen molar-refractivity contribution in [3.8, 4) is 5.75 Å². The van der Waals surface area contributed by atoms with E-state index in [-0.39, 0.29) is 5.78 Å². The predicted molar refractivity (Wildman–Crippen MR) is 104 cm³/mol. The van der Waals surface area contributed by atoms with Crippen molar-refractivity contribution in [3.05, 3.63) is 53.6 Å². The fraction of sp³-hybridized carbons (Fsp3) is 0.300. The van der Waals surface area contributed by atoms with Gasteiger partial charge in [0.25, 0.3) is 0 Å². The maximum Gasteiger partial charge on any atom is 0.169 e. The molecule has 0 spiro atoms. The Balaban J connectivity index is 1.90. The molecule has 0 bridgehead atoms. The van der Waals surface area contributed by atoms with Crippen molar-refractivity contribution >= 4 is 28.6 Å². The van der Waals surface area contributed by atoms with Crippen molar-refractivity contribution in [2.45, 2.75) is 24.4 Å². The number of fused-ring (bicyclic) bond motifs is 1. The largest absolute Gasteiger partial charge is 0.496 e. The fourth-order valence-corrected chi connectivity index (χ4v) is 3.83. The maximum absolute atomic E-state index is 11.7. The van der Waals surface area contributed by atoms with E-state index in [1.807, 2.05) is 30.3 Å². The van der Waals surface area contributed by atoms with Gasteiger partial charge in [-0.05, 0) is 37.3 Å². The first-order valence-electron chi connectivity index (χ1n) is 8.39. The number of benzene rings is 2. The number of aromatic nitrogens is 2. The average Bonchev–Trinajstić information content (AvgIpc) is 3.01. The number of carbonyl (C=O) groups is 1. The van der Waals surface area contributed by atoms with Crippen LogP contribution in [0.5, 0.6) is 5.75 Å². The van der Waals surface area contributed by atoms with Gasteiger partial charge in [-0.2, -0.15) is 0 Å². The summed E-state index contributed by atoms with van der Waals surface area (Å²) in [7, 11) is 3.34. The minimum absolute atomic E-state index is 0.0474. The monoisotopic (exact) mass is 370 g/mol. The van der Waals surface area contributed by atoms with Crippen molar-refractivity contribution in [1.82, 2.24) is 9.55 Å². The molecule has 2 aromatic carbocycles. The third kappa shape index (κ3) is 3.92. The second-order valence-electron chi connectivity index (χ2n) is 5.90. The summed E-state index contributed by atoms with van der Waals surface area (Å²) in [5.41, 5.74) is 3.73. The lowest BCUT2D eigenvalue weighted by Crippen LogP contribution is -2.05. The van der Waals surface area contributed by atoms with E-state index in [9.17, 15) is 4.79 Å². The molecule has 0 aliphatic heterocycles. The molecule has 5 nitrogen and oxygen atoms in total. The molecule has 0 saturated carbocycles. The Morgan fingerprint density at radius 2 is 2.00 bits per heavy atom. The molecule has 0 atom stereocenters. The Labute approximate surface area is 157 Å². The molecule has 0 aliphatic carbocycles. The molecule has 136 valence electrons. The highest BCUT2D eigenvalue weighted by Gasteiger charge is 2.13. The van der Waals surface area contributed by atoms with Crippen LogP contribution >= 0.6 is 11.8 Å². The van der Waals surface area contributed by atoms with E-state index in [4.69, 9.17) is 14.5 Å². The van der Waals surface area contributed by atoms with E-state index in [2.05, 4.69) is 10.6 Å². The SMILES string of the molecule is COCCn1c(SCc2cc(C(C)=O)ccc2OC)nc2ccccc21. The van der Waals surface area contributed by atoms with Crippen LogP contribution in [0.3, 0.4) is 0 Å². The van der Waals surface area contributed by atoms with E-state index < -0.39 is 0 Å². The maximum atomic E-state index is 11.7. The van der Waals surface area contributed by atoms with Crippen LogP contribution in [0.25, 0.3) is 11.0 Å². The summed E-state index contributed by atoms with van der Waals surface area (Å²) < 4.78 is 12.9. The summed E-state index contributed by atoms with van der Waals surface area (Å²) in [6.07, 6.45) is 0. The normalized spacial score (nSPS) is 11.0. The molecule has 3 rings (SSSR count). The van der Waals surface area contributed by atoms with Crippen LogP contribution in [0, 0.1) is 0 Å². The number of para-hydroxylation sites is 2. The van der Waals surface area contributed by atoms with E-state index in [0.717, 1.165) is 34.0 Å². The molecule has 3 aromatic rings. The number of ether oxygens (including phenoxy) is 2. The molecular formula is C20H22N2O3S. The second-order valence-corrected chi connectivity index (χ2v) is 6.84. The first kappa shape index (κ1) is 18.5. The zero-order valence-corrected chi connectivity index (χ0v) is 16.0. The number of imidazole rings is 1. The van der Waals surface area contributed by atoms with Crippen molar-refractivity contribution in [2.75, 3.05) is 20.8 Å². The summed E-state index contributed by atoms with van der Waals surface area (Å²) in [6, 6.07) is 13.6. The van der Waals surface area contributed by atoms with Crippen LogP contribution in [0.2, 0.25) is 0 Å². The minimum atomic E-state index is 0.0474. The van der Waals surface area contributed by atoms with Gasteiger partial charge in [0, 0.05) is 30.5 Å². The Morgan fingerprint density at radius 1 is 1.19 bits per heavy atom. The first-order valence-corrected chi connectivity index (χ1v) is 9.37. The fourth-order valence-electron chi connectivity index (χ4n) is 2.81. The van der Waals surface area contributed by atoms with Gasteiger partial charge in [-0.15, -0.1) is 0 Å². The van der Waals surface area contributed by atoms with Crippen LogP contribution < -0.4 is 4.74 Å². The molecule has 26 heavy (non-hydrogen) atoms. The standard InChI is InChI=1S/C20H22N2O3S/c1-14(23)15-8-9-19(25-3)16(12-15)13-26-20-21-17-6-4-5-7-18(17)22(20)10-11-24-2/h4-9,12H,10-11,13H2,1-3H3. The van der Waals surface area contributed by atoms with E-state index >= 15 is 0 Å². The van der Waals surface area contributed by atoms with Crippen LogP contribution in [-0.4, -0.2) is 36.2 Å². The van der Waals surface area contributed by atoms with E-state index in [1.54, 1.807) is 39.0 Å². The molecule has 0 unspecified atom stereocenters. The summed E-state index contributed by atoms with van der Waals surface area (Å²) >= 11 is 1.63. The van der Waals surface area contributed by atoms with Gasteiger partial charge in [-0.1, -0.05) is 23.9 Å². The molecule has 0 saturated heterocycles. The molecule has 6 heteroatoms. The topological polar surface area (TPSA) is 53.4 Å². The first-order chi connectivity index (χ1) is 12.6. The molecule has 0 fully saturated rings. The number of hydrogen-bond acceptors (Lipinski definition) is 5. The van der Waals surface area contributed by atoms with Crippen LogP contribution in [0.1, 0.15) is 22.8 Å². The number of ketones is 1.